The van der Waals surface area contributed by atoms with Crippen LogP contribution in [0.25, 0.3) is 0 Å². The Morgan fingerprint density at radius 2 is 2.35 bits per heavy atom. The molecule has 6 nitrogen and oxygen atoms in total. The Balaban J connectivity index is 1.79. The molecule has 3 atom stereocenters. The van der Waals surface area contributed by atoms with Crippen molar-refractivity contribution in [2.75, 3.05) is 40.0 Å². The molecule has 20 heavy (non-hydrogen) atoms. The lowest BCUT2D eigenvalue weighted by molar-refractivity contribution is -0.126. The zero-order chi connectivity index (χ0) is 14.8. The number of alkyl halides is 2. The van der Waals surface area contributed by atoms with Crippen LogP contribution in [0, 0.1) is 0 Å². The summed E-state index contributed by atoms with van der Waals surface area (Å²) in [5, 5.41) is 12.7. The Hall–Kier alpha value is -0.830. The first-order chi connectivity index (χ1) is 9.41. The number of likely N-dealkylation sites (tertiary alicyclic amines) is 1. The summed E-state index contributed by atoms with van der Waals surface area (Å²) in [5.41, 5.74) is 0. The van der Waals surface area contributed by atoms with Gasteiger partial charge in [0.05, 0.1) is 25.3 Å². The number of methoxy groups -OCH3 is 1. The third kappa shape index (κ3) is 3.85. The molecular formula is C12H20F2N2O4. The Kier molecular flexibility index (Phi) is 4.90. The molecule has 2 fully saturated rings. The largest absolute Gasteiger partial charge is 0.388 e. The molecule has 0 radical (unpaired) electrons. The van der Waals surface area contributed by atoms with Crippen molar-refractivity contribution in [1.29, 1.82) is 0 Å². The van der Waals surface area contributed by atoms with E-state index in [-0.39, 0.29) is 38.6 Å². The van der Waals surface area contributed by atoms with Gasteiger partial charge in [-0.05, 0) is 0 Å². The Labute approximate surface area is 116 Å². The van der Waals surface area contributed by atoms with E-state index in [4.69, 9.17) is 4.74 Å². The molecule has 0 aromatic rings. The summed E-state index contributed by atoms with van der Waals surface area (Å²) in [4.78, 5) is 12.9. The molecule has 0 aliphatic carbocycles. The molecule has 2 rings (SSSR count). The molecule has 116 valence electrons. The third-order valence-corrected chi connectivity index (χ3v) is 3.59. The maximum atomic E-state index is 13.1. The van der Waals surface area contributed by atoms with Gasteiger partial charge in [-0.2, -0.15) is 0 Å². The van der Waals surface area contributed by atoms with Gasteiger partial charge in [0.15, 0.2) is 0 Å². The van der Waals surface area contributed by atoms with E-state index in [1.54, 1.807) is 4.90 Å². The van der Waals surface area contributed by atoms with Gasteiger partial charge >= 0.3 is 0 Å². The van der Waals surface area contributed by atoms with E-state index in [1.165, 1.54) is 7.11 Å². The van der Waals surface area contributed by atoms with Crippen molar-refractivity contribution in [3.63, 3.8) is 0 Å². The fourth-order valence-corrected chi connectivity index (χ4v) is 2.57. The van der Waals surface area contributed by atoms with Gasteiger partial charge in [0.2, 0.25) is 5.91 Å². The lowest BCUT2D eigenvalue weighted by atomic mass is 10.1. The van der Waals surface area contributed by atoms with Crippen molar-refractivity contribution >= 4 is 5.91 Å². The van der Waals surface area contributed by atoms with E-state index >= 15 is 0 Å². The average molecular weight is 294 g/mol. The van der Waals surface area contributed by atoms with Gasteiger partial charge in [-0.1, -0.05) is 0 Å². The Bertz CT molecular complexity index is 356. The van der Waals surface area contributed by atoms with E-state index in [9.17, 15) is 18.7 Å². The number of ether oxygens (including phenoxy) is 2. The zero-order valence-corrected chi connectivity index (χ0v) is 11.3. The van der Waals surface area contributed by atoms with E-state index in [0.717, 1.165) is 0 Å². The fraction of sp³-hybridized carbons (Fsp3) is 0.917. The number of carbonyl (C=O) groups excluding carboxylic acids is 1. The maximum absolute atomic E-state index is 13.1. The van der Waals surface area contributed by atoms with Crippen molar-refractivity contribution in [3.05, 3.63) is 0 Å². The first-order valence-electron chi connectivity index (χ1n) is 6.59. The van der Waals surface area contributed by atoms with Crippen LogP contribution in [0.3, 0.4) is 0 Å². The number of rotatable bonds is 5. The van der Waals surface area contributed by atoms with Gasteiger partial charge in [0.1, 0.15) is 12.7 Å². The first kappa shape index (κ1) is 15.6. The lowest BCUT2D eigenvalue weighted by Gasteiger charge is -2.23. The molecule has 8 heteroatoms. The van der Waals surface area contributed by atoms with Crippen molar-refractivity contribution in [2.24, 2.45) is 0 Å². The smallest absolute Gasteiger partial charge is 0.261 e. The minimum atomic E-state index is -2.66. The van der Waals surface area contributed by atoms with Crippen molar-refractivity contribution in [3.8, 4) is 0 Å². The number of carbonyl (C=O) groups is 1. The van der Waals surface area contributed by atoms with Gasteiger partial charge < -0.3 is 19.9 Å². The van der Waals surface area contributed by atoms with E-state index in [0.29, 0.717) is 6.54 Å². The number of hydrogen-bond donors (Lipinski definition) is 2. The minimum Gasteiger partial charge on any atom is -0.388 e. The fourth-order valence-electron chi connectivity index (χ4n) is 2.57. The van der Waals surface area contributed by atoms with Crippen LogP contribution in [0.5, 0.6) is 0 Å². The molecule has 2 aliphatic rings. The second kappa shape index (κ2) is 6.30. The van der Waals surface area contributed by atoms with Crippen LogP contribution in [0.1, 0.15) is 6.42 Å². The highest BCUT2D eigenvalue weighted by molar-refractivity contribution is 5.77. The molecule has 0 bridgehead atoms. The average Bonchev–Trinajstić information content (AvgIpc) is 2.86. The molecule has 0 aromatic heterocycles. The number of hydrogen-bond acceptors (Lipinski definition) is 5. The predicted octanol–water partition coefficient (Wildman–Crippen LogP) is -0.782. The predicted molar refractivity (Wildman–Crippen MR) is 65.6 cm³/mol. The Morgan fingerprint density at radius 1 is 1.60 bits per heavy atom. The van der Waals surface area contributed by atoms with Crippen LogP contribution >= 0.6 is 0 Å². The summed E-state index contributed by atoms with van der Waals surface area (Å²) in [5.74, 6) is -3.00. The summed E-state index contributed by atoms with van der Waals surface area (Å²) >= 11 is 0. The lowest BCUT2D eigenvalue weighted by Crippen LogP contribution is -2.47. The summed E-state index contributed by atoms with van der Waals surface area (Å²) in [6.07, 6.45) is -1.62. The third-order valence-electron chi connectivity index (χ3n) is 3.59. The van der Waals surface area contributed by atoms with Crippen LogP contribution in [-0.4, -0.2) is 80.0 Å². The number of aliphatic hydroxyl groups is 1. The van der Waals surface area contributed by atoms with Crippen LogP contribution in [0.4, 0.5) is 8.78 Å². The molecule has 2 aliphatic heterocycles. The molecule has 2 heterocycles. The molecular weight excluding hydrogens is 274 g/mol. The second-order valence-electron chi connectivity index (χ2n) is 5.31. The first-order valence-corrected chi connectivity index (χ1v) is 6.59. The molecule has 1 amide bonds. The topological polar surface area (TPSA) is 71.0 Å². The van der Waals surface area contributed by atoms with E-state index in [1.807, 2.05) is 0 Å². The van der Waals surface area contributed by atoms with Crippen LogP contribution in [-0.2, 0) is 14.3 Å². The summed E-state index contributed by atoms with van der Waals surface area (Å²) in [6.45, 7) is 0.311. The normalized spacial score (nSPS) is 33.5. The zero-order valence-electron chi connectivity index (χ0n) is 11.3. The van der Waals surface area contributed by atoms with E-state index in [2.05, 4.69) is 10.1 Å². The van der Waals surface area contributed by atoms with Crippen LogP contribution < -0.4 is 5.32 Å². The highest BCUT2D eigenvalue weighted by Gasteiger charge is 2.42. The van der Waals surface area contributed by atoms with Gasteiger partial charge in [-0.25, -0.2) is 8.78 Å². The second-order valence-corrected chi connectivity index (χ2v) is 5.31. The highest BCUT2D eigenvalue weighted by atomic mass is 19.3. The van der Waals surface area contributed by atoms with Crippen molar-refractivity contribution in [1.82, 2.24) is 10.2 Å². The highest BCUT2D eigenvalue weighted by Crippen LogP contribution is 2.28. The number of aliphatic hydroxyl groups excluding tert-OH is 1. The molecule has 0 spiro atoms. The SMILES string of the molecule is COCC(=O)NC1COC(CN2CCC(F)(F)C2)C1O. The summed E-state index contributed by atoms with van der Waals surface area (Å²) in [6, 6.07) is -0.522. The van der Waals surface area contributed by atoms with Crippen LogP contribution in [0.2, 0.25) is 0 Å². The van der Waals surface area contributed by atoms with Gasteiger partial charge in [-0.3, -0.25) is 9.69 Å². The van der Waals surface area contributed by atoms with Gasteiger partial charge in [0.25, 0.3) is 5.92 Å². The van der Waals surface area contributed by atoms with Crippen molar-refractivity contribution in [2.45, 2.75) is 30.6 Å². The number of nitrogens with zero attached hydrogens (tertiary/aromatic N) is 1. The van der Waals surface area contributed by atoms with Gasteiger partial charge in [-0.15, -0.1) is 0 Å². The molecule has 0 saturated carbocycles. The van der Waals surface area contributed by atoms with E-state index < -0.39 is 24.2 Å². The quantitative estimate of drug-likeness (QED) is 0.696. The minimum absolute atomic E-state index is 0.0910. The molecule has 0 aromatic carbocycles. The monoisotopic (exact) mass is 294 g/mol. The number of nitrogens with one attached hydrogen (secondary N) is 1. The van der Waals surface area contributed by atoms with Crippen molar-refractivity contribution < 1.29 is 28.2 Å². The number of amides is 1. The molecule has 3 unspecified atom stereocenters. The summed E-state index contributed by atoms with van der Waals surface area (Å²) < 4.78 is 36.2. The van der Waals surface area contributed by atoms with Crippen LogP contribution in [0.15, 0.2) is 0 Å². The van der Waals surface area contributed by atoms with Gasteiger partial charge in [0, 0.05) is 26.6 Å². The summed E-state index contributed by atoms with van der Waals surface area (Å²) in [7, 11) is 1.40. The molecule has 2 saturated heterocycles. The number of halogens is 2. The maximum Gasteiger partial charge on any atom is 0.261 e. The molecule has 2 N–H and O–H groups in total. The Morgan fingerprint density at radius 3 is 2.95 bits per heavy atom. The standard InChI is InChI=1S/C12H20F2N2O4/c1-19-6-10(17)15-8-5-20-9(11(8)18)4-16-3-2-12(13,14)7-16/h8-9,11,18H,2-7H2,1H3,(H,15,17).